The van der Waals surface area contributed by atoms with Crippen LogP contribution in [0.1, 0.15) is 55.6 Å². The molecule has 2 aromatic carbocycles. The van der Waals surface area contributed by atoms with Gasteiger partial charge in [0.2, 0.25) is 5.91 Å². The normalized spacial score (nSPS) is 21.0. The molecule has 2 unspecified atom stereocenters. The number of aliphatic imine (C=N–C) groups is 1. The number of nitrogens with one attached hydrogen (secondary N) is 3. The molecule has 5 N–H and O–H groups in total. The molecule has 0 aromatic heterocycles. The van der Waals surface area contributed by atoms with Gasteiger partial charge in [0.25, 0.3) is 5.91 Å². The Morgan fingerprint density at radius 2 is 1.87 bits per heavy atom. The lowest BCUT2D eigenvalue weighted by molar-refractivity contribution is -0.122. The molecule has 1 saturated carbocycles. The monoisotopic (exact) mass is 569 g/mol. The summed E-state index contributed by atoms with van der Waals surface area (Å²) in [6, 6.07) is 12.9. The van der Waals surface area contributed by atoms with Gasteiger partial charge < -0.3 is 20.9 Å². The van der Waals surface area contributed by atoms with Crippen LogP contribution in [0.25, 0.3) is 0 Å². The van der Waals surface area contributed by atoms with Gasteiger partial charge >= 0.3 is 0 Å². The Bertz CT molecular complexity index is 1280. The highest BCUT2D eigenvalue weighted by Gasteiger charge is 2.41. The number of fused-ring (bicyclic) bond motifs is 1. The number of anilines is 1. The third-order valence-electron chi connectivity index (χ3n) is 7.70. The molecule has 2 aliphatic heterocycles. The van der Waals surface area contributed by atoms with E-state index >= 15 is 0 Å². The summed E-state index contributed by atoms with van der Waals surface area (Å²) in [6.07, 6.45) is 5.79. The maximum atomic E-state index is 12.4. The Hall–Kier alpha value is -3.30. The smallest absolute Gasteiger partial charge is 0.251 e. The molecule has 9 nitrogen and oxygen atoms in total. The number of amides is 2. The number of halogens is 2. The summed E-state index contributed by atoms with van der Waals surface area (Å²) in [5.41, 5.74) is 8.13. The maximum Gasteiger partial charge on any atom is 0.251 e. The number of rotatable bonds is 6. The average molecular weight is 571 g/mol. The molecular weight excluding hydrogens is 537 g/mol. The summed E-state index contributed by atoms with van der Waals surface area (Å²) in [7, 11) is 0. The van der Waals surface area contributed by atoms with E-state index in [-0.39, 0.29) is 30.2 Å². The van der Waals surface area contributed by atoms with Gasteiger partial charge in [0.15, 0.2) is 11.9 Å². The van der Waals surface area contributed by atoms with Crippen molar-refractivity contribution in [3.8, 4) is 0 Å². The summed E-state index contributed by atoms with van der Waals surface area (Å²) < 4.78 is 0. The predicted octanol–water partition coefficient (Wildman–Crippen LogP) is 4.15. The lowest BCUT2D eigenvalue weighted by atomic mass is 9.88. The van der Waals surface area contributed by atoms with Gasteiger partial charge in [-0.25, -0.2) is 4.99 Å². The average Bonchev–Trinajstić information content (AvgIpc) is 3.20. The van der Waals surface area contributed by atoms with Crippen LogP contribution in [-0.4, -0.2) is 65.3 Å². The second-order valence-corrected chi connectivity index (χ2v) is 11.2. The molecule has 5 rings (SSSR count). The van der Waals surface area contributed by atoms with Crippen molar-refractivity contribution in [1.29, 1.82) is 5.41 Å². The highest BCUT2D eigenvalue weighted by atomic mass is 35.5. The number of nitrogens with two attached hydrogens (primary N) is 1. The van der Waals surface area contributed by atoms with Crippen molar-refractivity contribution >= 4 is 52.6 Å². The van der Waals surface area contributed by atoms with Crippen LogP contribution in [0.5, 0.6) is 0 Å². The molecule has 206 valence electrons. The molecule has 1 aliphatic carbocycles. The van der Waals surface area contributed by atoms with Gasteiger partial charge in [-0.2, -0.15) is 0 Å². The van der Waals surface area contributed by atoms with Crippen LogP contribution >= 0.6 is 23.2 Å². The fourth-order valence-corrected chi connectivity index (χ4v) is 6.18. The molecule has 2 atom stereocenters. The topological polar surface area (TPSA) is 127 Å². The van der Waals surface area contributed by atoms with Gasteiger partial charge in [-0.1, -0.05) is 60.7 Å². The molecule has 0 spiro atoms. The van der Waals surface area contributed by atoms with Crippen molar-refractivity contribution in [3.63, 3.8) is 0 Å². The van der Waals surface area contributed by atoms with Crippen LogP contribution in [0.2, 0.25) is 10.0 Å². The first-order chi connectivity index (χ1) is 18.8. The van der Waals surface area contributed by atoms with E-state index in [0.29, 0.717) is 29.7 Å². The van der Waals surface area contributed by atoms with Gasteiger partial charge in [0.1, 0.15) is 6.04 Å². The van der Waals surface area contributed by atoms with Gasteiger partial charge in [0, 0.05) is 41.2 Å². The molecule has 11 heteroatoms. The van der Waals surface area contributed by atoms with E-state index in [1.165, 1.54) is 19.3 Å². The standard InChI is InChI=1S/C28H33Cl2N7O2/c29-18-8-11-21(23(30)14-18)22(15-25(31)38)17-6-9-20(10-7-17)34-28(33-19-4-2-1-3-5-19)36-12-13-37-24(16-36)26(39)35-27(37)32/h6-11,14,19,22,24H,1-5,12-13,15-16H2,(H2,31,38)(H,33,34)(H2,32,35,39). The van der Waals surface area contributed by atoms with E-state index in [0.717, 1.165) is 35.6 Å². The Balaban J connectivity index is 1.38. The first kappa shape index (κ1) is 27.3. The number of nitrogens with zero attached hydrogens (tertiary/aromatic N) is 3. The van der Waals surface area contributed by atoms with Crippen LogP contribution in [0, 0.1) is 5.41 Å². The predicted molar refractivity (Wildman–Crippen MR) is 154 cm³/mol. The Kier molecular flexibility index (Phi) is 8.28. The zero-order valence-electron chi connectivity index (χ0n) is 21.6. The first-order valence-corrected chi connectivity index (χ1v) is 14.1. The number of benzene rings is 2. The first-order valence-electron chi connectivity index (χ1n) is 13.4. The van der Waals surface area contributed by atoms with Crippen molar-refractivity contribution < 1.29 is 9.59 Å². The fraction of sp³-hybridized carbons (Fsp3) is 0.429. The molecule has 2 heterocycles. The largest absolute Gasteiger partial charge is 0.370 e. The number of hydrogen-bond acceptors (Lipinski definition) is 4. The summed E-state index contributed by atoms with van der Waals surface area (Å²) in [5.74, 6) is 0.0481. The highest BCUT2D eigenvalue weighted by molar-refractivity contribution is 6.35. The lowest BCUT2D eigenvalue weighted by Crippen LogP contribution is -2.56. The molecule has 3 aliphatic rings. The third kappa shape index (κ3) is 6.31. The maximum absolute atomic E-state index is 12.4. The number of piperazine rings is 1. The zero-order valence-corrected chi connectivity index (χ0v) is 23.1. The quantitative estimate of drug-likeness (QED) is 0.307. The van der Waals surface area contributed by atoms with E-state index in [2.05, 4.69) is 15.5 Å². The van der Waals surface area contributed by atoms with E-state index in [4.69, 9.17) is 39.3 Å². The van der Waals surface area contributed by atoms with Crippen LogP contribution in [0.3, 0.4) is 0 Å². The second-order valence-electron chi connectivity index (χ2n) is 10.4. The molecule has 0 radical (unpaired) electrons. The third-order valence-corrected chi connectivity index (χ3v) is 8.27. The highest BCUT2D eigenvalue weighted by Crippen LogP contribution is 2.35. The minimum atomic E-state index is -0.418. The molecule has 2 saturated heterocycles. The molecular formula is C28H33Cl2N7O2. The minimum Gasteiger partial charge on any atom is -0.370 e. The van der Waals surface area contributed by atoms with Crippen molar-refractivity contribution in [1.82, 2.24) is 15.1 Å². The van der Waals surface area contributed by atoms with Crippen LogP contribution < -0.4 is 16.4 Å². The molecule has 39 heavy (non-hydrogen) atoms. The summed E-state index contributed by atoms with van der Waals surface area (Å²) in [5, 5.41) is 15.2. The van der Waals surface area contributed by atoms with Crippen LogP contribution in [0.4, 0.5) is 5.69 Å². The SMILES string of the molecule is N=C1NC(=O)C2CN(/C(=N\C3CCCCC3)Nc3ccc(C(CC(N)=O)c4ccc(Cl)cc4Cl)cc3)CCN12. The Labute approximate surface area is 238 Å². The van der Waals surface area contributed by atoms with Gasteiger partial charge in [-0.15, -0.1) is 0 Å². The number of primary amides is 1. The Morgan fingerprint density at radius 3 is 2.56 bits per heavy atom. The van der Waals surface area contributed by atoms with E-state index in [9.17, 15) is 9.59 Å². The van der Waals surface area contributed by atoms with E-state index < -0.39 is 11.9 Å². The lowest BCUT2D eigenvalue weighted by Gasteiger charge is -2.38. The number of carbonyl (C=O) groups excluding carboxylic acids is 2. The minimum absolute atomic E-state index is 0.116. The van der Waals surface area contributed by atoms with Crippen molar-refractivity contribution in [2.75, 3.05) is 25.0 Å². The number of carbonyl (C=O) groups is 2. The molecule has 2 amide bonds. The zero-order chi connectivity index (χ0) is 27.5. The van der Waals surface area contributed by atoms with E-state index in [1.54, 1.807) is 12.1 Å². The number of hydrogen-bond donors (Lipinski definition) is 4. The fourth-order valence-electron chi connectivity index (χ4n) is 5.64. The molecule has 3 fully saturated rings. The second kappa shape index (κ2) is 11.8. The summed E-state index contributed by atoms with van der Waals surface area (Å²) in [6.45, 7) is 1.68. The number of guanidine groups is 2. The van der Waals surface area contributed by atoms with Gasteiger partial charge in [0.05, 0.1) is 12.6 Å². The van der Waals surface area contributed by atoms with Crippen LogP contribution in [0.15, 0.2) is 47.5 Å². The van der Waals surface area contributed by atoms with Crippen molar-refractivity contribution in [2.24, 2.45) is 10.7 Å². The van der Waals surface area contributed by atoms with Crippen molar-refractivity contribution in [3.05, 3.63) is 63.6 Å². The van der Waals surface area contributed by atoms with Crippen molar-refractivity contribution in [2.45, 2.75) is 56.5 Å². The molecule has 0 bridgehead atoms. The molecule has 2 aromatic rings. The van der Waals surface area contributed by atoms with Gasteiger partial charge in [-0.05, 0) is 48.2 Å². The van der Waals surface area contributed by atoms with Crippen LogP contribution in [-0.2, 0) is 9.59 Å². The Morgan fingerprint density at radius 1 is 1.13 bits per heavy atom. The van der Waals surface area contributed by atoms with E-state index in [1.807, 2.05) is 35.2 Å². The van der Waals surface area contributed by atoms with Gasteiger partial charge in [-0.3, -0.25) is 20.3 Å². The summed E-state index contributed by atoms with van der Waals surface area (Å²) >= 11 is 12.6. The summed E-state index contributed by atoms with van der Waals surface area (Å²) in [4.78, 5) is 33.4.